The van der Waals surface area contributed by atoms with Gasteiger partial charge in [0.25, 0.3) is 0 Å². The minimum atomic E-state index is 0.341. The van der Waals surface area contributed by atoms with E-state index in [0.29, 0.717) is 11.0 Å². The monoisotopic (exact) mass is 184 g/mol. The van der Waals surface area contributed by atoms with Crippen LogP contribution in [0.2, 0.25) is 0 Å². The maximum Gasteiger partial charge on any atom is 0.0328 e. The maximum atomic E-state index is 5.85. The van der Waals surface area contributed by atoms with Crippen molar-refractivity contribution in [3.63, 3.8) is 0 Å². The third kappa shape index (κ3) is 2.44. The SMILES string of the molecule is CN(CC(C)(C)C)C1(CN)CCC1. The summed E-state index contributed by atoms with van der Waals surface area (Å²) >= 11 is 0. The molecule has 13 heavy (non-hydrogen) atoms. The average molecular weight is 184 g/mol. The van der Waals surface area contributed by atoms with Gasteiger partial charge in [0.1, 0.15) is 0 Å². The molecule has 2 nitrogen and oxygen atoms in total. The summed E-state index contributed by atoms with van der Waals surface area (Å²) in [5.74, 6) is 0. The van der Waals surface area contributed by atoms with Gasteiger partial charge in [0.2, 0.25) is 0 Å². The highest BCUT2D eigenvalue weighted by Crippen LogP contribution is 2.37. The molecular formula is C11H24N2. The first-order valence-corrected chi connectivity index (χ1v) is 5.31. The van der Waals surface area contributed by atoms with Gasteiger partial charge in [0.05, 0.1) is 0 Å². The molecule has 0 spiro atoms. The van der Waals surface area contributed by atoms with Crippen molar-refractivity contribution < 1.29 is 0 Å². The Morgan fingerprint density at radius 1 is 1.31 bits per heavy atom. The Bertz CT molecular complexity index is 160. The van der Waals surface area contributed by atoms with E-state index in [1.807, 2.05) is 0 Å². The average Bonchev–Trinajstić information content (AvgIpc) is 1.80. The van der Waals surface area contributed by atoms with Gasteiger partial charge in [-0.25, -0.2) is 0 Å². The van der Waals surface area contributed by atoms with Crippen molar-refractivity contribution in [2.24, 2.45) is 11.1 Å². The van der Waals surface area contributed by atoms with Crippen LogP contribution >= 0.6 is 0 Å². The zero-order valence-electron chi connectivity index (χ0n) is 9.56. The molecule has 1 fully saturated rings. The third-order valence-electron chi connectivity index (χ3n) is 3.19. The van der Waals surface area contributed by atoms with Crippen LogP contribution in [0.25, 0.3) is 0 Å². The molecule has 0 heterocycles. The van der Waals surface area contributed by atoms with Gasteiger partial charge in [0, 0.05) is 18.6 Å². The minimum Gasteiger partial charge on any atom is -0.329 e. The van der Waals surface area contributed by atoms with E-state index in [4.69, 9.17) is 5.73 Å². The van der Waals surface area contributed by atoms with Crippen molar-refractivity contribution in [1.82, 2.24) is 4.90 Å². The van der Waals surface area contributed by atoms with E-state index >= 15 is 0 Å². The predicted molar refractivity (Wildman–Crippen MR) is 57.7 cm³/mol. The Hall–Kier alpha value is -0.0800. The number of hydrogen-bond donors (Lipinski definition) is 1. The summed E-state index contributed by atoms with van der Waals surface area (Å²) < 4.78 is 0. The van der Waals surface area contributed by atoms with Gasteiger partial charge in [0.15, 0.2) is 0 Å². The molecule has 0 aromatic heterocycles. The van der Waals surface area contributed by atoms with Gasteiger partial charge in [-0.3, -0.25) is 4.90 Å². The van der Waals surface area contributed by atoms with Crippen molar-refractivity contribution in [3.05, 3.63) is 0 Å². The summed E-state index contributed by atoms with van der Waals surface area (Å²) in [5.41, 5.74) is 6.57. The van der Waals surface area contributed by atoms with Crippen molar-refractivity contribution in [2.45, 2.75) is 45.6 Å². The lowest BCUT2D eigenvalue weighted by Crippen LogP contribution is -2.58. The number of hydrogen-bond acceptors (Lipinski definition) is 2. The van der Waals surface area contributed by atoms with E-state index < -0.39 is 0 Å². The molecule has 2 heteroatoms. The first-order chi connectivity index (χ1) is 5.90. The largest absolute Gasteiger partial charge is 0.329 e. The molecule has 1 aliphatic carbocycles. The fourth-order valence-electron chi connectivity index (χ4n) is 2.21. The molecule has 0 unspecified atom stereocenters. The van der Waals surface area contributed by atoms with Crippen LogP contribution < -0.4 is 5.73 Å². The van der Waals surface area contributed by atoms with Gasteiger partial charge in [-0.1, -0.05) is 20.8 Å². The van der Waals surface area contributed by atoms with Crippen molar-refractivity contribution in [3.8, 4) is 0 Å². The van der Waals surface area contributed by atoms with Gasteiger partial charge < -0.3 is 5.73 Å². The van der Waals surface area contributed by atoms with E-state index in [2.05, 4.69) is 32.7 Å². The van der Waals surface area contributed by atoms with Crippen molar-refractivity contribution in [2.75, 3.05) is 20.1 Å². The van der Waals surface area contributed by atoms with Gasteiger partial charge in [-0.05, 0) is 31.7 Å². The van der Waals surface area contributed by atoms with Crippen molar-refractivity contribution in [1.29, 1.82) is 0 Å². The minimum absolute atomic E-state index is 0.341. The summed E-state index contributed by atoms with van der Waals surface area (Å²) in [5, 5.41) is 0. The first kappa shape index (κ1) is 11.0. The lowest BCUT2D eigenvalue weighted by molar-refractivity contribution is 0.0222. The van der Waals surface area contributed by atoms with Gasteiger partial charge >= 0.3 is 0 Å². The zero-order valence-corrected chi connectivity index (χ0v) is 9.56. The Labute approximate surface area is 82.5 Å². The Balaban J connectivity index is 2.50. The fourth-order valence-corrected chi connectivity index (χ4v) is 2.21. The predicted octanol–water partition coefficient (Wildman–Crippen LogP) is 1.85. The Morgan fingerprint density at radius 2 is 1.85 bits per heavy atom. The second-order valence-electron chi connectivity index (χ2n) is 5.70. The summed E-state index contributed by atoms with van der Waals surface area (Å²) in [7, 11) is 2.22. The molecule has 1 rings (SSSR count). The third-order valence-corrected chi connectivity index (χ3v) is 3.19. The molecular weight excluding hydrogens is 160 g/mol. The normalized spacial score (nSPS) is 21.7. The fraction of sp³-hybridized carbons (Fsp3) is 1.00. The molecule has 0 amide bonds. The number of rotatable bonds is 3. The Morgan fingerprint density at radius 3 is 2.08 bits per heavy atom. The molecule has 78 valence electrons. The van der Waals surface area contributed by atoms with Crippen molar-refractivity contribution >= 4 is 0 Å². The lowest BCUT2D eigenvalue weighted by Gasteiger charge is -2.50. The van der Waals surface area contributed by atoms with Crippen LogP contribution in [-0.2, 0) is 0 Å². The van der Waals surface area contributed by atoms with Crippen LogP contribution in [0.3, 0.4) is 0 Å². The summed E-state index contributed by atoms with van der Waals surface area (Å²) in [4.78, 5) is 2.47. The molecule has 0 atom stereocenters. The van der Waals surface area contributed by atoms with Crippen LogP contribution in [0.5, 0.6) is 0 Å². The first-order valence-electron chi connectivity index (χ1n) is 5.31. The molecule has 0 saturated heterocycles. The number of likely N-dealkylation sites (N-methyl/N-ethyl adjacent to an activating group) is 1. The number of nitrogens with zero attached hydrogens (tertiary/aromatic N) is 1. The maximum absolute atomic E-state index is 5.85. The molecule has 0 aromatic rings. The smallest absolute Gasteiger partial charge is 0.0328 e. The van der Waals surface area contributed by atoms with Crippen LogP contribution in [0.15, 0.2) is 0 Å². The van der Waals surface area contributed by atoms with Crippen LogP contribution in [0, 0.1) is 5.41 Å². The molecule has 1 saturated carbocycles. The highest BCUT2D eigenvalue weighted by Gasteiger charge is 2.40. The van der Waals surface area contributed by atoms with Crippen LogP contribution in [0.1, 0.15) is 40.0 Å². The highest BCUT2D eigenvalue weighted by molar-refractivity contribution is 4.98. The molecule has 0 bridgehead atoms. The second-order valence-corrected chi connectivity index (χ2v) is 5.70. The van der Waals surface area contributed by atoms with E-state index in [-0.39, 0.29) is 0 Å². The molecule has 0 aliphatic heterocycles. The van der Waals surface area contributed by atoms with Crippen LogP contribution in [0.4, 0.5) is 0 Å². The highest BCUT2D eigenvalue weighted by atomic mass is 15.2. The van der Waals surface area contributed by atoms with Gasteiger partial charge in [-0.15, -0.1) is 0 Å². The standard InChI is InChI=1S/C11H24N2/c1-10(2,3)9-13(4)11(8-12)6-5-7-11/h5-9,12H2,1-4H3. The Kier molecular flexibility index (Phi) is 3.03. The topological polar surface area (TPSA) is 29.3 Å². The quantitative estimate of drug-likeness (QED) is 0.725. The van der Waals surface area contributed by atoms with E-state index in [1.54, 1.807) is 0 Å². The summed E-state index contributed by atoms with van der Waals surface area (Å²) in [6, 6.07) is 0. The molecule has 2 N–H and O–H groups in total. The summed E-state index contributed by atoms with van der Waals surface area (Å²) in [6.07, 6.45) is 3.93. The van der Waals surface area contributed by atoms with Crippen LogP contribution in [-0.4, -0.2) is 30.6 Å². The van der Waals surface area contributed by atoms with E-state index in [0.717, 1.165) is 13.1 Å². The number of nitrogens with two attached hydrogens (primary N) is 1. The van der Waals surface area contributed by atoms with Gasteiger partial charge in [-0.2, -0.15) is 0 Å². The second kappa shape index (κ2) is 3.58. The molecule has 1 aliphatic rings. The van der Waals surface area contributed by atoms with E-state index in [9.17, 15) is 0 Å². The molecule has 0 aromatic carbocycles. The van der Waals surface area contributed by atoms with E-state index in [1.165, 1.54) is 19.3 Å². The lowest BCUT2D eigenvalue weighted by atomic mass is 9.74. The zero-order chi connectivity index (χ0) is 10.1. The summed E-state index contributed by atoms with van der Waals surface area (Å²) in [6.45, 7) is 8.81. The molecule has 0 radical (unpaired) electrons.